The molecule has 3 N–H and O–H groups in total. The van der Waals surface area contributed by atoms with Crippen LogP contribution in [-0.4, -0.2) is 27.3 Å². The Bertz CT molecular complexity index is 664. The average Bonchev–Trinajstić information content (AvgIpc) is 2.53. The van der Waals surface area contributed by atoms with Crippen LogP contribution in [0.25, 0.3) is 0 Å². The summed E-state index contributed by atoms with van der Waals surface area (Å²) in [6.07, 6.45) is 0.255. The largest absolute Gasteiger partial charge is 0.508 e. The van der Waals surface area contributed by atoms with E-state index in [0.29, 0.717) is 5.56 Å². The predicted molar refractivity (Wildman–Crippen MR) is 84.2 cm³/mol. The summed E-state index contributed by atoms with van der Waals surface area (Å²) >= 11 is 0. The molecule has 0 saturated carbocycles. The molecule has 0 aliphatic rings. The van der Waals surface area contributed by atoms with Crippen molar-refractivity contribution in [3.63, 3.8) is 0 Å². The number of carbonyl (C=O) groups is 2. The van der Waals surface area contributed by atoms with Gasteiger partial charge < -0.3 is 15.3 Å². The highest BCUT2D eigenvalue weighted by Gasteiger charge is 2.33. The van der Waals surface area contributed by atoms with Crippen molar-refractivity contribution in [2.75, 3.05) is 0 Å². The van der Waals surface area contributed by atoms with Crippen LogP contribution >= 0.6 is 0 Å². The first-order valence-corrected chi connectivity index (χ1v) is 7.25. The summed E-state index contributed by atoms with van der Waals surface area (Å²) in [5.41, 5.74) is 1.46. The highest BCUT2D eigenvalue weighted by molar-refractivity contribution is 5.80. The third-order valence-electron chi connectivity index (χ3n) is 3.81. The van der Waals surface area contributed by atoms with Crippen LogP contribution in [0, 0.1) is 11.8 Å². The van der Waals surface area contributed by atoms with Crippen LogP contribution in [-0.2, 0) is 22.4 Å². The Hall–Kier alpha value is -2.82. The Morgan fingerprint density at radius 1 is 0.739 bits per heavy atom. The van der Waals surface area contributed by atoms with E-state index in [1.807, 2.05) is 6.07 Å². The Morgan fingerprint density at radius 2 is 1.17 bits per heavy atom. The summed E-state index contributed by atoms with van der Waals surface area (Å²) in [4.78, 5) is 23.2. The molecule has 0 radical (unpaired) electrons. The minimum Gasteiger partial charge on any atom is -0.508 e. The number of phenols is 1. The van der Waals surface area contributed by atoms with E-state index in [9.17, 15) is 24.9 Å². The molecule has 120 valence electrons. The van der Waals surface area contributed by atoms with Crippen molar-refractivity contribution in [3.05, 3.63) is 65.7 Å². The minimum absolute atomic E-state index is 0.0831. The third kappa shape index (κ3) is 4.57. The van der Waals surface area contributed by atoms with Gasteiger partial charge in [-0.2, -0.15) is 0 Å². The summed E-state index contributed by atoms with van der Waals surface area (Å²) in [5, 5.41) is 28.2. The van der Waals surface area contributed by atoms with Gasteiger partial charge in [0.25, 0.3) is 0 Å². The SMILES string of the molecule is O=C(O)[C@@H](Cc1ccccc1)[C@H](Cc1ccc(O)cc1)C(=O)O. The van der Waals surface area contributed by atoms with Crippen LogP contribution in [0.1, 0.15) is 11.1 Å². The number of aromatic hydroxyl groups is 1. The van der Waals surface area contributed by atoms with Gasteiger partial charge >= 0.3 is 11.9 Å². The molecule has 0 heterocycles. The van der Waals surface area contributed by atoms with Gasteiger partial charge in [-0.25, -0.2) is 0 Å². The lowest BCUT2D eigenvalue weighted by atomic mass is 9.83. The number of carboxylic acid groups (broad SMARTS) is 2. The van der Waals surface area contributed by atoms with Gasteiger partial charge in [-0.15, -0.1) is 0 Å². The van der Waals surface area contributed by atoms with E-state index in [2.05, 4.69) is 0 Å². The Labute approximate surface area is 133 Å². The van der Waals surface area contributed by atoms with Crippen molar-refractivity contribution in [1.82, 2.24) is 0 Å². The monoisotopic (exact) mass is 314 g/mol. The highest BCUT2D eigenvalue weighted by Crippen LogP contribution is 2.24. The molecule has 0 spiro atoms. The molecular weight excluding hydrogens is 296 g/mol. The molecule has 2 aromatic rings. The van der Waals surface area contributed by atoms with Gasteiger partial charge in [0.15, 0.2) is 0 Å². The van der Waals surface area contributed by atoms with Gasteiger partial charge in [0, 0.05) is 0 Å². The van der Waals surface area contributed by atoms with E-state index in [1.165, 1.54) is 12.1 Å². The fourth-order valence-electron chi connectivity index (χ4n) is 2.56. The maximum atomic E-state index is 11.6. The zero-order valence-corrected chi connectivity index (χ0v) is 12.4. The third-order valence-corrected chi connectivity index (χ3v) is 3.81. The molecular formula is C18H18O5. The molecule has 0 bridgehead atoms. The molecule has 0 fully saturated rings. The minimum atomic E-state index is -1.14. The maximum Gasteiger partial charge on any atom is 0.307 e. The lowest BCUT2D eigenvalue weighted by molar-refractivity contribution is -0.153. The molecule has 0 amide bonds. The number of hydrogen-bond acceptors (Lipinski definition) is 3. The van der Waals surface area contributed by atoms with Crippen molar-refractivity contribution >= 4 is 11.9 Å². The molecule has 0 aromatic heterocycles. The second-order valence-electron chi connectivity index (χ2n) is 5.45. The lowest BCUT2D eigenvalue weighted by Crippen LogP contribution is -2.33. The Balaban J connectivity index is 2.22. The number of carboxylic acids is 2. The average molecular weight is 314 g/mol. The number of benzene rings is 2. The van der Waals surface area contributed by atoms with Gasteiger partial charge in [-0.1, -0.05) is 42.5 Å². The van der Waals surface area contributed by atoms with E-state index in [1.54, 1.807) is 36.4 Å². The Morgan fingerprint density at radius 3 is 1.61 bits per heavy atom. The van der Waals surface area contributed by atoms with Crippen LogP contribution in [0.5, 0.6) is 5.75 Å². The van der Waals surface area contributed by atoms with Crippen LogP contribution in [0.4, 0.5) is 0 Å². The quantitative estimate of drug-likeness (QED) is 0.730. The van der Waals surface area contributed by atoms with Gasteiger partial charge in [-0.05, 0) is 36.1 Å². The predicted octanol–water partition coefficient (Wildman–Crippen LogP) is 2.58. The number of hydrogen-bond donors (Lipinski definition) is 3. The van der Waals surface area contributed by atoms with Gasteiger partial charge in [-0.3, -0.25) is 9.59 Å². The first kappa shape index (κ1) is 16.5. The van der Waals surface area contributed by atoms with E-state index in [-0.39, 0.29) is 18.6 Å². The fourth-order valence-corrected chi connectivity index (χ4v) is 2.56. The second kappa shape index (κ2) is 7.45. The first-order valence-electron chi connectivity index (χ1n) is 7.25. The molecule has 0 aliphatic carbocycles. The molecule has 0 saturated heterocycles. The summed E-state index contributed by atoms with van der Waals surface area (Å²) in [7, 11) is 0. The molecule has 2 aromatic carbocycles. The van der Waals surface area contributed by atoms with E-state index >= 15 is 0 Å². The van der Waals surface area contributed by atoms with Crippen molar-refractivity contribution in [2.24, 2.45) is 11.8 Å². The Kier molecular flexibility index (Phi) is 5.36. The molecule has 5 heteroatoms. The van der Waals surface area contributed by atoms with Crippen molar-refractivity contribution in [3.8, 4) is 5.75 Å². The van der Waals surface area contributed by atoms with Gasteiger partial charge in [0.2, 0.25) is 0 Å². The molecule has 23 heavy (non-hydrogen) atoms. The maximum absolute atomic E-state index is 11.6. The highest BCUT2D eigenvalue weighted by atomic mass is 16.4. The zero-order valence-electron chi connectivity index (χ0n) is 12.4. The number of rotatable bonds is 7. The normalized spacial score (nSPS) is 13.2. The van der Waals surface area contributed by atoms with E-state index < -0.39 is 23.8 Å². The van der Waals surface area contributed by atoms with E-state index in [4.69, 9.17) is 0 Å². The van der Waals surface area contributed by atoms with Crippen molar-refractivity contribution in [1.29, 1.82) is 0 Å². The van der Waals surface area contributed by atoms with Crippen LogP contribution < -0.4 is 0 Å². The van der Waals surface area contributed by atoms with Crippen LogP contribution in [0.2, 0.25) is 0 Å². The number of phenolic OH excluding ortho intramolecular Hbond substituents is 1. The van der Waals surface area contributed by atoms with Gasteiger partial charge in [0.05, 0.1) is 11.8 Å². The molecule has 0 aliphatic heterocycles. The lowest BCUT2D eigenvalue weighted by Gasteiger charge is -2.20. The van der Waals surface area contributed by atoms with Crippen LogP contribution in [0.15, 0.2) is 54.6 Å². The summed E-state index contributed by atoms with van der Waals surface area (Å²) in [6.45, 7) is 0. The summed E-state index contributed by atoms with van der Waals surface area (Å²) < 4.78 is 0. The second-order valence-corrected chi connectivity index (χ2v) is 5.45. The standard InChI is InChI=1S/C18H18O5/c19-14-8-6-13(7-9-14)11-16(18(22)23)15(17(20)21)10-12-4-2-1-3-5-12/h1-9,15-16,19H,10-11H2,(H,20,21)(H,22,23)/t15-,16-/m0/s1. The summed E-state index contributed by atoms with van der Waals surface area (Å²) in [6, 6.07) is 15.1. The van der Waals surface area contributed by atoms with E-state index in [0.717, 1.165) is 5.56 Å². The topological polar surface area (TPSA) is 94.8 Å². The zero-order chi connectivity index (χ0) is 16.8. The first-order chi connectivity index (χ1) is 11.0. The fraction of sp³-hybridized carbons (Fsp3) is 0.222. The number of aliphatic carboxylic acids is 2. The van der Waals surface area contributed by atoms with Crippen LogP contribution in [0.3, 0.4) is 0 Å². The molecule has 2 rings (SSSR count). The molecule has 2 atom stereocenters. The van der Waals surface area contributed by atoms with Crippen molar-refractivity contribution in [2.45, 2.75) is 12.8 Å². The smallest absolute Gasteiger partial charge is 0.307 e. The summed E-state index contributed by atoms with van der Waals surface area (Å²) in [5.74, 6) is -4.25. The van der Waals surface area contributed by atoms with Gasteiger partial charge in [0.1, 0.15) is 5.75 Å². The molecule has 0 unspecified atom stereocenters. The van der Waals surface area contributed by atoms with Crippen molar-refractivity contribution < 1.29 is 24.9 Å². The molecule has 5 nitrogen and oxygen atoms in total.